The molecule has 8 heteroatoms. The van der Waals surface area contributed by atoms with Crippen LogP contribution < -0.4 is 10.5 Å². The van der Waals surface area contributed by atoms with E-state index in [0.29, 0.717) is 16.9 Å². The van der Waals surface area contributed by atoms with Crippen molar-refractivity contribution in [3.63, 3.8) is 0 Å². The Labute approximate surface area is 121 Å². The number of nitrogens with two attached hydrogens (primary N) is 1. The molecule has 0 aliphatic rings. The summed E-state index contributed by atoms with van der Waals surface area (Å²) >= 11 is 0. The van der Waals surface area contributed by atoms with Gasteiger partial charge in [0, 0.05) is 17.8 Å². The van der Waals surface area contributed by atoms with E-state index in [9.17, 15) is 18.5 Å². The van der Waals surface area contributed by atoms with E-state index >= 15 is 0 Å². The van der Waals surface area contributed by atoms with Gasteiger partial charge in [-0.15, -0.1) is 0 Å². The normalized spacial score (nSPS) is 11.1. The third-order valence-electron chi connectivity index (χ3n) is 2.98. The highest BCUT2D eigenvalue weighted by Crippen LogP contribution is 2.24. The van der Waals surface area contributed by atoms with E-state index in [4.69, 9.17) is 5.73 Å². The van der Waals surface area contributed by atoms with Crippen molar-refractivity contribution in [2.45, 2.75) is 11.8 Å². The largest absolute Gasteiger partial charge is 0.398 e. The van der Waals surface area contributed by atoms with Crippen LogP contribution >= 0.6 is 0 Å². The van der Waals surface area contributed by atoms with E-state index in [1.165, 1.54) is 12.1 Å². The zero-order valence-corrected chi connectivity index (χ0v) is 11.9. The van der Waals surface area contributed by atoms with Crippen molar-refractivity contribution in [1.29, 1.82) is 0 Å². The van der Waals surface area contributed by atoms with Crippen LogP contribution in [0.4, 0.5) is 17.1 Å². The predicted octanol–water partition coefficient (Wildman–Crippen LogP) is 2.29. The molecular formula is C13H13N3O4S. The molecule has 0 amide bonds. The standard InChI is InChI=1S/C13H13N3O4S/c1-9-12(14)3-2-4-13(9)15-21(19,20)11-7-5-10(6-8-11)16(17)18/h2-8,15H,14H2,1H3. The number of nitrogens with one attached hydrogen (secondary N) is 1. The number of sulfonamides is 1. The second-order valence-corrected chi connectivity index (χ2v) is 6.06. The summed E-state index contributed by atoms with van der Waals surface area (Å²) in [7, 11) is -3.82. The van der Waals surface area contributed by atoms with Gasteiger partial charge in [0.2, 0.25) is 0 Å². The van der Waals surface area contributed by atoms with Crippen LogP contribution in [0, 0.1) is 17.0 Å². The molecular weight excluding hydrogens is 294 g/mol. The van der Waals surface area contributed by atoms with Gasteiger partial charge in [0.1, 0.15) is 0 Å². The predicted molar refractivity (Wildman–Crippen MR) is 79.5 cm³/mol. The van der Waals surface area contributed by atoms with E-state index < -0.39 is 14.9 Å². The van der Waals surface area contributed by atoms with E-state index in [-0.39, 0.29) is 10.6 Å². The third kappa shape index (κ3) is 3.11. The molecule has 0 saturated heterocycles. The van der Waals surface area contributed by atoms with E-state index in [2.05, 4.69) is 4.72 Å². The summed E-state index contributed by atoms with van der Waals surface area (Å²) in [6, 6.07) is 9.54. The molecule has 7 nitrogen and oxygen atoms in total. The van der Waals surface area contributed by atoms with Gasteiger partial charge in [0.05, 0.1) is 15.5 Å². The van der Waals surface area contributed by atoms with Gasteiger partial charge in [-0.3, -0.25) is 14.8 Å². The first kappa shape index (κ1) is 14.8. The van der Waals surface area contributed by atoms with E-state index in [1.54, 1.807) is 25.1 Å². The van der Waals surface area contributed by atoms with Crippen molar-refractivity contribution in [2.75, 3.05) is 10.5 Å². The summed E-state index contributed by atoms with van der Waals surface area (Å²) in [4.78, 5) is 9.91. The van der Waals surface area contributed by atoms with Crippen LogP contribution in [0.2, 0.25) is 0 Å². The minimum atomic E-state index is -3.82. The van der Waals surface area contributed by atoms with Crippen molar-refractivity contribution in [3.8, 4) is 0 Å². The number of hydrogen-bond acceptors (Lipinski definition) is 5. The molecule has 0 heterocycles. The molecule has 0 aromatic heterocycles. The number of rotatable bonds is 4. The SMILES string of the molecule is Cc1c(N)cccc1NS(=O)(=O)c1ccc([N+](=O)[O-])cc1. The molecule has 2 aromatic carbocycles. The molecule has 0 saturated carbocycles. The van der Waals surface area contributed by atoms with Crippen molar-refractivity contribution in [3.05, 3.63) is 58.1 Å². The average molecular weight is 307 g/mol. The summed E-state index contributed by atoms with van der Waals surface area (Å²) in [6.07, 6.45) is 0. The van der Waals surface area contributed by atoms with Crippen LogP contribution in [0.15, 0.2) is 47.4 Å². The maximum Gasteiger partial charge on any atom is 0.269 e. The van der Waals surface area contributed by atoms with E-state index in [0.717, 1.165) is 12.1 Å². The second kappa shape index (κ2) is 5.41. The number of nitro benzene ring substituents is 1. The molecule has 2 rings (SSSR count). The Balaban J connectivity index is 2.34. The zero-order chi connectivity index (χ0) is 15.6. The van der Waals surface area contributed by atoms with Gasteiger partial charge in [-0.2, -0.15) is 0 Å². The van der Waals surface area contributed by atoms with Gasteiger partial charge in [-0.25, -0.2) is 8.42 Å². The molecule has 0 radical (unpaired) electrons. The fourth-order valence-corrected chi connectivity index (χ4v) is 2.84. The first-order valence-electron chi connectivity index (χ1n) is 5.93. The number of nitrogens with zero attached hydrogens (tertiary/aromatic N) is 1. The summed E-state index contributed by atoms with van der Waals surface area (Å²) in [5.41, 5.74) is 7.00. The number of non-ortho nitro benzene ring substituents is 1. The van der Waals surface area contributed by atoms with Gasteiger partial charge >= 0.3 is 0 Å². The Morgan fingerprint density at radius 1 is 1.14 bits per heavy atom. The van der Waals surface area contributed by atoms with Gasteiger partial charge in [0.15, 0.2) is 0 Å². The smallest absolute Gasteiger partial charge is 0.269 e. The van der Waals surface area contributed by atoms with Crippen LogP contribution in [-0.2, 0) is 10.0 Å². The molecule has 0 unspecified atom stereocenters. The number of benzene rings is 2. The Kier molecular flexibility index (Phi) is 3.81. The lowest BCUT2D eigenvalue weighted by atomic mass is 10.2. The van der Waals surface area contributed by atoms with Crippen molar-refractivity contribution in [2.24, 2.45) is 0 Å². The lowest BCUT2D eigenvalue weighted by molar-refractivity contribution is -0.384. The minimum Gasteiger partial charge on any atom is -0.398 e. The van der Waals surface area contributed by atoms with Gasteiger partial charge < -0.3 is 5.73 Å². The lowest BCUT2D eigenvalue weighted by Crippen LogP contribution is -2.14. The van der Waals surface area contributed by atoms with Crippen LogP contribution in [0.1, 0.15) is 5.56 Å². The number of nitrogen functional groups attached to an aromatic ring is 1. The van der Waals surface area contributed by atoms with Crippen molar-refractivity contribution >= 4 is 27.1 Å². The fourth-order valence-electron chi connectivity index (χ4n) is 1.71. The van der Waals surface area contributed by atoms with Crippen molar-refractivity contribution in [1.82, 2.24) is 0 Å². The van der Waals surface area contributed by atoms with Gasteiger partial charge in [0.25, 0.3) is 15.7 Å². The lowest BCUT2D eigenvalue weighted by Gasteiger charge is -2.11. The molecule has 2 aromatic rings. The zero-order valence-electron chi connectivity index (χ0n) is 11.1. The van der Waals surface area contributed by atoms with Crippen LogP contribution in [0.3, 0.4) is 0 Å². The maximum atomic E-state index is 12.2. The van der Waals surface area contributed by atoms with Crippen molar-refractivity contribution < 1.29 is 13.3 Å². The number of anilines is 2. The summed E-state index contributed by atoms with van der Waals surface area (Å²) in [5, 5.41) is 10.6. The monoisotopic (exact) mass is 307 g/mol. The highest BCUT2D eigenvalue weighted by molar-refractivity contribution is 7.92. The Morgan fingerprint density at radius 3 is 2.33 bits per heavy atom. The first-order chi connectivity index (χ1) is 9.81. The van der Waals surface area contributed by atoms with E-state index in [1.807, 2.05) is 0 Å². The molecule has 0 aliphatic carbocycles. The third-order valence-corrected chi connectivity index (χ3v) is 4.36. The van der Waals surface area contributed by atoms with Gasteiger partial charge in [-0.1, -0.05) is 6.07 Å². The Bertz CT molecular complexity index is 786. The highest BCUT2D eigenvalue weighted by Gasteiger charge is 2.17. The topological polar surface area (TPSA) is 115 Å². The van der Waals surface area contributed by atoms with Crippen LogP contribution in [0.25, 0.3) is 0 Å². The Morgan fingerprint density at radius 2 is 1.76 bits per heavy atom. The average Bonchev–Trinajstić information content (AvgIpc) is 2.44. The molecule has 21 heavy (non-hydrogen) atoms. The quantitative estimate of drug-likeness (QED) is 0.511. The van der Waals surface area contributed by atoms with Gasteiger partial charge in [-0.05, 0) is 36.8 Å². The molecule has 0 spiro atoms. The summed E-state index contributed by atoms with van der Waals surface area (Å²) in [5.74, 6) is 0. The maximum absolute atomic E-state index is 12.2. The van der Waals surface area contributed by atoms with Crippen LogP contribution in [-0.4, -0.2) is 13.3 Å². The van der Waals surface area contributed by atoms with Crippen LogP contribution in [0.5, 0.6) is 0 Å². The molecule has 110 valence electrons. The summed E-state index contributed by atoms with van der Waals surface area (Å²) in [6.45, 7) is 1.70. The fraction of sp³-hybridized carbons (Fsp3) is 0.0769. The highest BCUT2D eigenvalue weighted by atomic mass is 32.2. The number of nitro groups is 1. The molecule has 0 bridgehead atoms. The molecule has 0 atom stereocenters. The molecule has 0 fully saturated rings. The Hall–Kier alpha value is -2.61. The first-order valence-corrected chi connectivity index (χ1v) is 7.42. The molecule has 3 N–H and O–H groups in total. The minimum absolute atomic E-state index is 0.0603. The second-order valence-electron chi connectivity index (χ2n) is 4.38. The summed E-state index contributed by atoms with van der Waals surface area (Å²) < 4.78 is 26.9. The molecule has 0 aliphatic heterocycles. The number of hydrogen-bond donors (Lipinski definition) is 2.